The Balaban J connectivity index is 1.40. The molecule has 0 amide bonds. The Hall–Kier alpha value is -2.93. The number of ether oxygens (including phenoxy) is 1. The Morgan fingerprint density at radius 1 is 1.41 bits per heavy atom. The molecule has 2 aliphatic heterocycles. The molecule has 0 saturated carbocycles. The first-order valence-corrected chi connectivity index (χ1v) is 11.9. The summed E-state index contributed by atoms with van der Waals surface area (Å²) in [5.74, 6) is -1.93. The second-order valence-corrected chi connectivity index (χ2v) is 9.33. The average Bonchev–Trinajstić information content (AvgIpc) is 3.33. The quantitative estimate of drug-likeness (QED) is 0.482. The van der Waals surface area contributed by atoms with E-state index in [-0.39, 0.29) is 34.6 Å². The van der Waals surface area contributed by atoms with E-state index < -0.39 is 22.8 Å². The molecule has 34 heavy (non-hydrogen) atoms. The molecular formula is C22H24FN5O5S. The van der Waals surface area contributed by atoms with Gasteiger partial charge in [-0.1, -0.05) is 0 Å². The zero-order valence-corrected chi connectivity index (χ0v) is 19.3. The van der Waals surface area contributed by atoms with Gasteiger partial charge in [0.2, 0.25) is 5.43 Å². The minimum Gasteiger partial charge on any atom is -0.477 e. The fourth-order valence-electron chi connectivity index (χ4n) is 4.25. The third kappa shape index (κ3) is 4.17. The van der Waals surface area contributed by atoms with Crippen molar-refractivity contribution < 1.29 is 23.9 Å². The standard InChI is InChI=1S/C22H24FN5O5S/c1-12-16-18(29)15(21(30)31)10-28(22-24-5-7-34-22)19(16)25-20(17(12)23)27-8-13(9-27)26-33-11-14-4-2-3-6-32-14/h5,7,10,13-14,26H,2-4,6,8-9,11H2,1H3,(H,30,31)/t14-/m0/s1. The van der Waals surface area contributed by atoms with Gasteiger partial charge in [-0.2, -0.15) is 5.48 Å². The SMILES string of the molecule is Cc1c(F)c(N2CC(NOC[C@@H]3CCCCO3)C2)nc2c1c(=O)c(C(=O)O)cn2-c1nccs1. The van der Waals surface area contributed by atoms with E-state index in [0.29, 0.717) is 24.8 Å². The summed E-state index contributed by atoms with van der Waals surface area (Å²) in [7, 11) is 0. The summed E-state index contributed by atoms with van der Waals surface area (Å²) in [5.41, 5.74) is 1.99. The molecule has 0 aromatic carbocycles. The topological polar surface area (TPSA) is 119 Å². The highest BCUT2D eigenvalue weighted by Gasteiger charge is 2.32. The van der Waals surface area contributed by atoms with Crippen LogP contribution in [-0.2, 0) is 9.57 Å². The van der Waals surface area contributed by atoms with Crippen LogP contribution < -0.4 is 15.8 Å². The van der Waals surface area contributed by atoms with Gasteiger partial charge in [0.05, 0.1) is 24.1 Å². The van der Waals surface area contributed by atoms with Crippen LogP contribution in [0.1, 0.15) is 35.2 Å². The Bertz CT molecular complexity index is 1270. The lowest BCUT2D eigenvalue weighted by molar-refractivity contribution is -0.0799. The second kappa shape index (κ2) is 9.37. The van der Waals surface area contributed by atoms with Crippen molar-refractivity contribution in [2.75, 3.05) is 31.2 Å². The van der Waals surface area contributed by atoms with E-state index in [2.05, 4.69) is 15.4 Å². The van der Waals surface area contributed by atoms with E-state index in [9.17, 15) is 14.7 Å². The van der Waals surface area contributed by atoms with E-state index in [1.54, 1.807) is 16.5 Å². The number of rotatable bonds is 7. The van der Waals surface area contributed by atoms with Gasteiger partial charge in [0.25, 0.3) is 0 Å². The van der Waals surface area contributed by atoms with Gasteiger partial charge < -0.3 is 14.7 Å². The summed E-state index contributed by atoms with van der Waals surface area (Å²) < 4.78 is 22.4. The van der Waals surface area contributed by atoms with Gasteiger partial charge in [-0.05, 0) is 26.2 Å². The van der Waals surface area contributed by atoms with Gasteiger partial charge in [-0.25, -0.2) is 19.2 Å². The highest BCUT2D eigenvalue weighted by atomic mass is 32.1. The van der Waals surface area contributed by atoms with Crippen molar-refractivity contribution in [1.29, 1.82) is 0 Å². The van der Waals surface area contributed by atoms with Crippen LogP contribution in [0.5, 0.6) is 0 Å². The zero-order valence-electron chi connectivity index (χ0n) is 18.5. The highest BCUT2D eigenvalue weighted by Crippen LogP contribution is 2.30. The van der Waals surface area contributed by atoms with Gasteiger partial charge >= 0.3 is 5.97 Å². The van der Waals surface area contributed by atoms with Gasteiger partial charge in [-0.15, -0.1) is 11.3 Å². The summed E-state index contributed by atoms with van der Waals surface area (Å²) in [4.78, 5) is 40.5. The lowest BCUT2D eigenvalue weighted by Crippen LogP contribution is -2.59. The molecule has 12 heteroatoms. The van der Waals surface area contributed by atoms with Gasteiger partial charge in [0.15, 0.2) is 22.4 Å². The fourth-order valence-corrected chi connectivity index (χ4v) is 4.86. The minimum atomic E-state index is -1.39. The number of fused-ring (bicyclic) bond motifs is 1. The maximum absolute atomic E-state index is 15.3. The van der Waals surface area contributed by atoms with E-state index in [1.807, 2.05) is 0 Å². The number of aromatic nitrogens is 3. The molecule has 2 saturated heterocycles. The lowest BCUT2D eigenvalue weighted by Gasteiger charge is -2.40. The number of carbonyl (C=O) groups is 1. The van der Waals surface area contributed by atoms with Crippen molar-refractivity contribution in [3.63, 3.8) is 0 Å². The molecule has 0 bridgehead atoms. The van der Waals surface area contributed by atoms with Crippen molar-refractivity contribution >= 4 is 34.2 Å². The molecule has 0 radical (unpaired) electrons. The molecule has 5 rings (SSSR count). The molecule has 0 aliphatic carbocycles. The number of carboxylic acids is 1. The van der Waals surface area contributed by atoms with Crippen LogP contribution in [-0.4, -0.2) is 64.1 Å². The summed E-state index contributed by atoms with van der Waals surface area (Å²) in [6, 6.07) is -0.00339. The Labute approximate surface area is 197 Å². The van der Waals surface area contributed by atoms with Crippen molar-refractivity contribution in [3.8, 4) is 5.13 Å². The summed E-state index contributed by atoms with van der Waals surface area (Å²) in [6.07, 6.45) is 6.05. The second-order valence-electron chi connectivity index (χ2n) is 8.45. The maximum atomic E-state index is 15.3. The zero-order chi connectivity index (χ0) is 23.8. The first-order valence-electron chi connectivity index (χ1n) is 11.1. The molecule has 3 aromatic rings. The van der Waals surface area contributed by atoms with Crippen LogP contribution in [0.2, 0.25) is 0 Å². The summed E-state index contributed by atoms with van der Waals surface area (Å²) in [6.45, 7) is 3.62. The van der Waals surface area contributed by atoms with Crippen LogP contribution in [0.15, 0.2) is 22.6 Å². The summed E-state index contributed by atoms with van der Waals surface area (Å²) >= 11 is 1.26. The largest absolute Gasteiger partial charge is 0.477 e. The number of aromatic carboxylic acids is 1. The van der Waals surface area contributed by atoms with E-state index in [1.165, 1.54) is 29.0 Å². The third-order valence-electron chi connectivity index (χ3n) is 6.12. The Kier molecular flexibility index (Phi) is 6.30. The van der Waals surface area contributed by atoms with Crippen LogP contribution in [0.3, 0.4) is 0 Å². The first-order chi connectivity index (χ1) is 16.4. The number of carboxylic acid groups (broad SMARTS) is 1. The van der Waals surface area contributed by atoms with E-state index in [0.717, 1.165) is 25.9 Å². The predicted octanol–water partition coefficient (Wildman–Crippen LogP) is 2.27. The molecule has 180 valence electrons. The van der Waals surface area contributed by atoms with Crippen LogP contribution in [0.25, 0.3) is 16.2 Å². The highest BCUT2D eigenvalue weighted by molar-refractivity contribution is 7.12. The molecule has 2 N–H and O–H groups in total. The molecule has 2 aliphatic rings. The normalized spacial score (nSPS) is 18.9. The van der Waals surface area contributed by atoms with Crippen molar-refractivity contribution in [3.05, 3.63) is 44.9 Å². The lowest BCUT2D eigenvalue weighted by atomic mass is 10.1. The molecule has 2 fully saturated rings. The number of hydrogen-bond donors (Lipinski definition) is 2. The number of hydroxylamine groups is 1. The Morgan fingerprint density at radius 2 is 2.24 bits per heavy atom. The van der Waals surface area contributed by atoms with Crippen molar-refractivity contribution in [2.24, 2.45) is 0 Å². The van der Waals surface area contributed by atoms with Crippen molar-refractivity contribution in [1.82, 2.24) is 20.0 Å². The number of nitrogens with one attached hydrogen (secondary N) is 1. The molecular weight excluding hydrogens is 465 g/mol. The molecule has 1 atom stereocenters. The number of pyridine rings is 2. The monoisotopic (exact) mass is 489 g/mol. The number of anilines is 1. The molecule has 3 aromatic heterocycles. The maximum Gasteiger partial charge on any atom is 0.341 e. The third-order valence-corrected chi connectivity index (χ3v) is 6.89. The fraction of sp³-hybridized carbons (Fsp3) is 0.455. The number of hydrogen-bond acceptors (Lipinski definition) is 9. The molecule has 0 unspecified atom stereocenters. The number of aryl methyl sites for hydroxylation is 1. The number of nitrogens with zero attached hydrogens (tertiary/aromatic N) is 4. The minimum absolute atomic E-state index is 0.00339. The van der Waals surface area contributed by atoms with E-state index in [4.69, 9.17) is 9.57 Å². The van der Waals surface area contributed by atoms with Gasteiger partial charge in [-0.3, -0.25) is 14.2 Å². The summed E-state index contributed by atoms with van der Waals surface area (Å²) in [5, 5.41) is 11.6. The number of halogens is 1. The number of thiazole rings is 1. The van der Waals surface area contributed by atoms with E-state index >= 15 is 4.39 Å². The van der Waals surface area contributed by atoms with Crippen LogP contribution >= 0.6 is 11.3 Å². The average molecular weight is 490 g/mol. The van der Waals surface area contributed by atoms with Gasteiger partial charge in [0, 0.05) is 43.0 Å². The van der Waals surface area contributed by atoms with Gasteiger partial charge in [0.1, 0.15) is 5.56 Å². The van der Waals surface area contributed by atoms with Crippen LogP contribution in [0, 0.1) is 12.7 Å². The Morgan fingerprint density at radius 3 is 2.91 bits per heavy atom. The van der Waals surface area contributed by atoms with Crippen LogP contribution in [0.4, 0.5) is 10.2 Å². The predicted molar refractivity (Wildman–Crippen MR) is 123 cm³/mol. The first kappa shape index (κ1) is 22.8. The smallest absolute Gasteiger partial charge is 0.341 e. The van der Waals surface area contributed by atoms with Crippen molar-refractivity contribution in [2.45, 2.75) is 38.3 Å². The molecule has 0 spiro atoms. The molecule has 10 nitrogen and oxygen atoms in total. The molecule has 5 heterocycles.